The van der Waals surface area contributed by atoms with Crippen molar-refractivity contribution in [3.8, 4) is 22.8 Å². The van der Waals surface area contributed by atoms with Crippen LogP contribution in [0.5, 0.6) is 11.5 Å². The topological polar surface area (TPSA) is 59.0 Å². The van der Waals surface area contributed by atoms with Crippen LogP contribution in [0.3, 0.4) is 0 Å². The molecule has 6 nitrogen and oxygen atoms in total. The summed E-state index contributed by atoms with van der Waals surface area (Å²) < 4.78 is 7.77. The predicted octanol–water partition coefficient (Wildman–Crippen LogP) is 4.28. The smallest absolute Gasteiger partial charge is 0.127 e. The van der Waals surface area contributed by atoms with Gasteiger partial charge in [-0.05, 0) is 55.4 Å². The van der Waals surface area contributed by atoms with Crippen molar-refractivity contribution in [2.24, 2.45) is 7.05 Å². The number of nitrogens with one attached hydrogen (secondary N) is 1. The first kappa shape index (κ1) is 19.0. The summed E-state index contributed by atoms with van der Waals surface area (Å²) in [6, 6.07) is 17.9. The first-order valence-corrected chi connectivity index (χ1v) is 9.69. The Morgan fingerprint density at radius 3 is 2.52 bits per heavy atom. The number of hydrogen-bond acceptors (Lipinski definition) is 4. The number of aromatic amines is 1. The van der Waals surface area contributed by atoms with Crippen molar-refractivity contribution in [1.82, 2.24) is 24.9 Å². The molecule has 0 aliphatic rings. The van der Waals surface area contributed by atoms with E-state index < -0.39 is 0 Å². The molecule has 0 radical (unpaired) electrons. The molecule has 0 bridgehead atoms. The average Bonchev–Trinajstić information content (AvgIpc) is 3.37. The molecule has 0 aliphatic carbocycles. The van der Waals surface area contributed by atoms with E-state index in [4.69, 9.17) is 9.84 Å². The van der Waals surface area contributed by atoms with Gasteiger partial charge in [-0.2, -0.15) is 10.2 Å². The third kappa shape index (κ3) is 4.92. The molecule has 0 unspecified atom stereocenters. The SMILES string of the molecule is CN(CCc1cn[nH]c1)Cc1cn(C)nc1-c1ccc(Oc2ccccc2)cc1. The second kappa shape index (κ2) is 8.75. The van der Waals surface area contributed by atoms with Crippen LogP contribution in [-0.4, -0.2) is 38.5 Å². The first-order chi connectivity index (χ1) is 14.2. The van der Waals surface area contributed by atoms with Gasteiger partial charge in [-0.3, -0.25) is 9.78 Å². The molecule has 4 rings (SSSR count). The molecule has 0 spiro atoms. The van der Waals surface area contributed by atoms with Gasteiger partial charge in [0.25, 0.3) is 0 Å². The molecule has 0 saturated heterocycles. The van der Waals surface area contributed by atoms with Crippen LogP contribution in [0.15, 0.2) is 73.2 Å². The third-order valence-corrected chi connectivity index (χ3v) is 4.79. The minimum Gasteiger partial charge on any atom is -0.457 e. The number of ether oxygens (including phenoxy) is 1. The molecule has 2 heterocycles. The fraction of sp³-hybridized carbons (Fsp3) is 0.217. The molecule has 1 N–H and O–H groups in total. The summed E-state index contributed by atoms with van der Waals surface area (Å²) in [6.45, 7) is 1.79. The number of H-pyrrole nitrogens is 1. The van der Waals surface area contributed by atoms with Gasteiger partial charge in [-0.1, -0.05) is 18.2 Å². The van der Waals surface area contributed by atoms with E-state index in [1.165, 1.54) is 11.1 Å². The Labute approximate surface area is 170 Å². The van der Waals surface area contributed by atoms with E-state index in [1.54, 1.807) is 0 Å². The van der Waals surface area contributed by atoms with Gasteiger partial charge in [0.15, 0.2) is 0 Å². The molecule has 6 heteroatoms. The molecule has 0 fully saturated rings. The van der Waals surface area contributed by atoms with Crippen molar-refractivity contribution >= 4 is 0 Å². The summed E-state index contributed by atoms with van der Waals surface area (Å²) in [7, 11) is 4.10. The lowest BCUT2D eigenvalue weighted by Gasteiger charge is -2.16. The lowest BCUT2D eigenvalue weighted by atomic mass is 10.1. The van der Waals surface area contributed by atoms with Crippen LogP contribution in [0.4, 0.5) is 0 Å². The average molecular weight is 387 g/mol. The quantitative estimate of drug-likeness (QED) is 0.490. The number of likely N-dealkylation sites (N-methyl/N-ethyl adjacent to an activating group) is 1. The van der Waals surface area contributed by atoms with Crippen molar-refractivity contribution in [3.05, 3.63) is 84.3 Å². The molecule has 29 heavy (non-hydrogen) atoms. The zero-order chi connectivity index (χ0) is 20.1. The highest BCUT2D eigenvalue weighted by molar-refractivity contribution is 5.63. The highest BCUT2D eigenvalue weighted by Crippen LogP contribution is 2.27. The van der Waals surface area contributed by atoms with Crippen LogP contribution < -0.4 is 4.74 Å². The molecule has 148 valence electrons. The van der Waals surface area contributed by atoms with Gasteiger partial charge in [-0.25, -0.2) is 0 Å². The van der Waals surface area contributed by atoms with E-state index in [2.05, 4.69) is 40.5 Å². The monoisotopic (exact) mass is 387 g/mol. The number of hydrogen-bond donors (Lipinski definition) is 1. The minimum atomic E-state index is 0.815. The van der Waals surface area contributed by atoms with Crippen molar-refractivity contribution in [2.45, 2.75) is 13.0 Å². The predicted molar refractivity (Wildman–Crippen MR) is 114 cm³/mol. The summed E-state index contributed by atoms with van der Waals surface area (Å²) in [5, 5.41) is 11.6. The summed E-state index contributed by atoms with van der Waals surface area (Å²) >= 11 is 0. The molecule has 0 saturated carbocycles. The van der Waals surface area contributed by atoms with Crippen LogP contribution >= 0.6 is 0 Å². The second-order valence-corrected chi connectivity index (χ2v) is 7.21. The van der Waals surface area contributed by atoms with Crippen LogP contribution in [0, 0.1) is 0 Å². The van der Waals surface area contributed by atoms with Crippen molar-refractivity contribution in [3.63, 3.8) is 0 Å². The lowest BCUT2D eigenvalue weighted by molar-refractivity contribution is 0.331. The maximum Gasteiger partial charge on any atom is 0.127 e. The number of aryl methyl sites for hydroxylation is 1. The van der Waals surface area contributed by atoms with E-state index >= 15 is 0 Å². The van der Waals surface area contributed by atoms with Crippen molar-refractivity contribution < 1.29 is 4.74 Å². The van der Waals surface area contributed by atoms with Crippen LogP contribution in [0.2, 0.25) is 0 Å². The maximum absolute atomic E-state index is 5.90. The number of aromatic nitrogens is 4. The number of para-hydroxylation sites is 1. The number of benzene rings is 2. The largest absolute Gasteiger partial charge is 0.457 e. The third-order valence-electron chi connectivity index (χ3n) is 4.79. The zero-order valence-corrected chi connectivity index (χ0v) is 16.7. The van der Waals surface area contributed by atoms with Gasteiger partial charge in [0.2, 0.25) is 0 Å². The standard InChI is InChI=1S/C23H25N5O/c1-27(13-12-18-14-24-25-15-18)16-20-17-28(2)26-23(20)19-8-10-22(11-9-19)29-21-6-4-3-5-7-21/h3-11,14-15,17H,12-13,16H2,1-2H3,(H,24,25). The Balaban J connectivity index is 1.44. The highest BCUT2D eigenvalue weighted by atomic mass is 16.5. The van der Waals surface area contributed by atoms with E-state index in [0.29, 0.717) is 0 Å². The Hall–Kier alpha value is -3.38. The van der Waals surface area contributed by atoms with Gasteiger partial charge >= 0.3 is 0 Å². The fourth-order valence-electron chi connectivity index (χ4n) is 3.31. The van der Waals surface area contributed by atoms with Gasteiger partial charge in [0.1, 0.15) is 11.5 Å². The van der Waals surface area contributed by atoms with Gasteiger partial charge in [0, 0.05) is 43.7 Å². The summed E-state index contributed by atoms with van der Waals surface area (Å²) in [5.74, 6) is 1.65. The molecule has 2 aromatic carbocycles. The molecule has 4 aromatic rings. The van der Waals surface area contributed by atoms with Gasteiger partial charge in [0.05, 0.1) is 11.9 Å². The Morgan fingerprint density at radius 1 is 1.03 bits per heavy atom. The summed E-state index contributed by atoms with van der Waals surface area (Å²) in [6.07, 6.45) is 6.89. The van der Waals surface area contributed by atoms with E-state index in [9.17, 15) is 0 Å². The Kier molecular flexibility index (Phi) is 5.72. The van der Waals surface area contributed by atoms with E-state index in [-0.39, 0.29) is 0 Å². The minimum absolute atomic E-state index is 0.815. The summed E-state index contributed by atoms with van der Waals surface area (Å²) in [5.41, 5.74) is 4.52. The lowest BCUT2D eigenvalue weighted by Crippen LogP contribution is -2.20. The normalized spacial score (nSPS) is 11.1. The van der Waals surface area contributed by atoms with Crippen molar-refractivity contribution in [2.75, 3.05) is 13.6 Å². The first-order valence-electron chi connectivity index (χ1n) is 9.69. The molecule has 2 aromatic heterocycles. The Bertz CT molecular complexity index is 1020. The molecule has 0 atom stereocenters. The van der Waals surface area contributed by atoms with Crippen LogP contribution in [0.25, 0.3) is 11.3 Å². The van der Waals surface area contributed by atoms with Gasteiger partial charge < -0.3 is 9.64 Å². The van der Waals surface area contributed by atoms with Crippen LogP contribution in [-0.2, 0) is 20.0 Å². The Morgan fingerprint density at radius 2 is 1.79 bits per heavy atom. The fourth-order valence-corrected chi connectivity index (χ4v) is 3.31. The highest BCUT2D eigenvalue weighted by Gasteiger charge is 2.13. The van der Waals surface area contributed by atoms with Gasteiger partial charge in [-0.15, -0.1) is 0 Å². The maximum atomic E-state index is 5.90. The van der Waals surface area contributed by atoms with Crippen LogP contribution in [0.1, 0.15) is 11.1 Å². The molecular formula is C23H25N5O. The summed E-state index contributed by atoms with van der Waals surface area (Å²) in [4.78, 5) is 2.31. The number of rotatable bonds is 8. The zero-order valence-electron chi connectivity index (χ0n) is 16.7. The second-order valence-electron chi connectivity index (χ2n) is 7.21. The molecule has 0 aliphatic heterocycles. The van der Waals surface area contributed by atoms with E-state index in [0.717, 1.165) is 42.3 Å². The number of nitrogens with zero attached hydrogens (tertiary/aromatic N) is 4. The van der Waals surface area contributed by atoms with Crippen molar-refractivity contribution in [1.29, 1.82) is 0 Å². The molecular weight excluding hydrogens is 362 g/mol. The molecule has 0 amide bonds. The van der Waals surface area contributed by atoms with E-state index in [1.807, 2.05) is 66.6 Å².